The Morgan fingerprint density at radius 3 is 2.88 bits per heavy atom. The number of nitrogens with zero attached hydrogens (tertiary/aromatic N) is 1. The van der Waals surface area contributed by atoms with E-state index >= 15 is 0 Å². The van der Waals surface area contributed by atoms with Crippen molar-refractivity contribution in [2.45, 2.75) is 6.54 Å². The van der Waals surface area contributed by atoms with Crippen LogP contribution in [0.2, 0.25) is 0 Å². The standard InChI is InChI=1S/C12H15NO2S2/c14-12(15)4-3-10-1-2-11(17-10)9-13-5-7-16-8-6-13/h1-4H,5-9H2,(H,14,15). The lowest BCUT2D eigenvalue weighted by atomic mass is 10.3. The lowest BCUT2D eigenvalue weighted by Gasteiger charge is -2.25. The molecule has 0 spiro atoms. The second-order valence-corrected chi connectivity index (χ2v) is 6.29. The van der Waals surface area contributed by atoms with Gasteiger partial charge in [-0.3, -0.25) is 4.90 Å². The van der Waals surface area contributed by atoms with E-state index in [4.69, 9.17) is 5.11 Å². The first-order chi connectivity index (χ1) is 8.24. The zero-order valence-electron chi connectivity index (χ0n) is 9.46. The number of hydrogen-bond acceptors (Lipinski definition) is 4. The summed E-state index contributed by atoms with van der Waals surface area (Å²) in [4.78, 5) is 15.2. The third-order valence-electron chi connectivity index (χ3n) is 2.56. The number of carboxylic acids is 1. The van der Waals surface area contributed by atoms with Crippen molar-refractivity contribution < 1.29 is 9.90 Å². The summed E-state index contributed by atoms with van der Waals surface area (Å²) < 4.78 is 0. The molecular weight excluding hydrogens is 254 g/mol. The molecule has 1 aliphatic heterocycles. The predicted molar refractivity (Wildman–Crippen MR) is 73.6 cm³/mol. The van der Waals surface area contributed by atoms with Gasteiger partial charge < -0.3 is 5.11 Å². The number of thioether (sulfide) groups is 1. The maximum atomic E-state index is 10.4. The summed E-state index contributed by atoms with van der Waals surface area (Å²) in [7, 11) is 0. The fourth-order valence-corrected chi connectivity index (χ4v) is 3.64. The van der Waals surface area contributed by atoms with Crippen LogP contribution in [0.1, 0.15) is 9.75 Å². The van der Waals surface area contributed by atoms with Gasteiger partial charge in [-0.1, -0.05) is 0 Å². The topological polar surface area (TPSA) is 40.5 Å². The molecule has 5 heteroatoms. The molecule has 1 aliphatic rings. The van der Waals surface area contributed by atoms with Gasteiger partial charge in [-0.25, -0.2) is 4.79 Å². The number of carboxylic acid groups (broad SMARTS) is 1. The summed E-state index contributed by atoms with van der Waals surface area (Å²) in [5, 5.41) is 8.55. The molecule has 1 saturated heterocycles. The molecule has 1 aromatic rings. The van der Waals surface area contributed by atoms with Crippen LogP contribution in [-0.4, -0.2) is 40.6 Å². The molecule has 0 bridgehead atoms. The highest BCUT2D eigenvalue weighted by Gasteiger charge is 2.11. The Balaban J connectivity index is 1.91. The van der Waals surface area contributed by atoms with Crippen molar-refractivity contribution in [3.8, 4) is 0 Å². The van der Waals surface area contributed by atoms with Gasteiger partial charge in [-0.15, -0.1) is 11.3 Å². The van der Waals surface area contributed by atoms with Crippen molar-refractivity contribution in [2.75, 3.05) is 24.6 Å². The van der Waals surface area contributed by atoms with Crippen molar-refractivity contribution in [3.05, 3.63) is 28.0 Å². The minimum Gasteiger partial charge on any atom is -0.478 e. The van der Waals surface area contributed by atoms with Crippen LogP contribution in [-0.2, 0) is 11.3 Å². The lowest BCUT2D eigenvalue weighted by molar-refractivity contribution is -0.131. The van der Waals surface area contributed by atoms with Gasteiger partial charge in [0, 0.05) is 47.0 Å². The van der Waals surface area contributed by atoms with Crippen LogP contribution >= 0.6 is 23.1 Å². The molecule has 17 heavy (non-hydrogen) atoms. The van der Waals surface area contributed by atoms with E-state index in [-0.39, 0.29) is 0 Å². The average molecular weight is 269 g/mol. The maximum Gasteiger partial charge on any atom is 0.328 e. The van der Waals surface area contributed by atoms with Gasteiger partial charge in [0.25, 0.3) is 0 Å². The average Bonchev–Trinajstić information content (AvgIpc) is 2.75. The molecule has 0 aliphatic carbocycles. The first-order valence-corrected chi connectivity index (χ1v) is 7.51. The zero-order valence-corrected chi connectivity index (χ0v) is 11.1. The fourth-order valence-electron chi connectivity index (χ4n) is 1.70. The van der Waals surface area contributed by atoms with Gasteiger partial charge in [0.15, 0.2) is 0 Å². The Hall–Kier alpha value is -0.780. The van der Waals surface area contributed by atoms with Gasteiger partial charge in [-0.05, 0) is 18.2 Å². The third-order valence-corrected chi connectivity index (χ3v) is 4.53. The molecule has 0 unspecified atom stereocenters. The number of thiophene rings is 1. The highest BCUT2D eigenvalue weighted by atomic mass is 32.2. The second-order valence-electron chi connectivity index (χ2n) is 3.86. The third kappa shape index (κ3) is 4.18. The zero-order chi connectivity index (χ0) is 12.1. The van der Waals surface area contributed by atoms with Gasteiger partial charge in [-0.2, -0.15) is 11.8 Å². The Morgan fingerprint density at radius 2 is 2.18 bits per heavy atom. The van der Waals surface area contributed by atoms with Crippen LogP contribution < -0.4 is 0 Å². The van der Waals surface area contributed by atoms with E-state index in [9.17, 15) is 4.79 Å². The normalized spacial score (nSPS) is 17.6. The summed E-state index contributed by atoms with van der Waals surface area (Å²) >= 11 is 3.68. The molecular formula is C12H15NO2S2. The van der Waals surface area contributed by atoms with Crippen molar-refractivity contribution in [3.63, 3.8) is 0 Å². The van der Waals surface area contributed by atoms with Crippen molar-refractivity contribution in [2.24, 2.45) is 0 Å². The Labute approximate surface area is 109 Å². The van der Waals surface area contributed by atoms with Gasteiger partial charge in [0.1, 0.15) is 0 Å². The minimum atomic E-state index is -0.895. The van der Waals surface area contributed by atoms with Crippen LogP contribution in [0, 0.1) is 0 Å². The molecule has 0 aromatic carbocycles. The number of carbonyl (C=O) groups is 1. The highest BCUT2D eigenvalue weighted by Crippen LogP contribution is 2.21. The van der Waals surface area contributed by atoms with E-state index in [1.807, 2.05) is 17.8 Å². The van der Waals surface area contributed by atoms with E-state index < -0.39 is 5.97 Å². The molecule has 92 valence electrons. The Morgan fingerprint density at radius 1 is 1.41 bits per heavy atom. The molecule has 0 radical (unpaired) electrons. The highest BCUT2D eigenvalue weighted by molar-refractivity contribution is 7.99. The van der Waals surface area contributed by atoms with Gasteiger partial charge >= 0.3 is 5.97 Å². The quantitative estimate of drug-likeness (QED) is 0.852. The second kappa shape index (κ2) is 6.23. The lowest BCUT2D eigenvalue weighted by Crippen LogP contribution is -2.31. The molecule has 0 atom stereocenters. The molecule has 0 amide bonds. The predicted octanol–water partition coefficient (Wildman–Crippen LogP) is 2.39. The van der Waals surface area contributed by atoms with Crippen molar-refractivity contribution >= 4 is 35.1 Å². The summed E-state index contributed by atoms with van der Waals surface area (Å²) in [6.45, 7) is 3.30. The van der Waals surface area contributed by atoms with E-state index in [2.05, 4.69) is 11.0 Å². The van der Waals surface area contributed by atoms with Crippen LogP contribution in [0.5, 0.6) is 0 Å². The minimum absolute atomic E-state index is 0.895. The van der Waals surface area contributed by atoms with Crippen LogP contribution in [0.25, 0.3) is 6.08 Å². The van der Waals surface area contributed by atoms with Crippen LogP contribution in [0.4, 0.5) is 0 Å². The summed E-state index contributed by atoms with van der Waals surface area (Å²) in [6, 6.07) is 4.08. The fraction of sp³-hybridized carbons (Fsp3) is 0.417. The summed E-state index contributed by atoms with van der Waals surface area (Å²) in [5.41, 5.74) is 0. The molecule has 0 saturated carbocycles. The number of aliphatic carboxylic acids is 1. The molecule has 3 nitrogen and oxygen atoms in total. The summed E-state index contributed by atoms with van der Waals surface area (Å²) in [6.07, 6.45) is 2.84. The number of rotatable bonds is 4. The van der Waals surface area contributed by atoms with E-state index in [1.165, 1.54) is 22.5 Å². The SMILES string of the molecule is O=C(O)C=Cc1ccc(CN2CCSCC2)s1. The van der Waals surface area contributed by atoms with Crippen LogP contribution in [0.3, 0.4) is 0 Å². The summed E-state index contributed by atoms with van der Waals surface area (Å²) in [5.74, 6) is 1.54. The maximum absolute atomic E-state index is 10.4. The monoisotopic (exact) mass is 269 g/mol. The Bertz CT molecular complexity index is 408. The van der Waals surface area contributed by atoms with Gasteiger partial charge in [0.05, 0.1) is 0 Å². The molecule has 2 rings (SSSR count). The van der Waals surface area contributed by atoms with E-state index in [1.54, 1.807) is 17.4 Å². The van der Waals surface area contributed by atoms with Crippen molar-refractivity contribution in [1.29, 1.82) is 0 Å². The van der Waals surface area contributed by atoms with Crippen molar-refractivity contribution in [1.82, 2.24) is 4.90 Å². The van der Waals surface area contributed by atoms with Crippen LogP contribution in [0.15, 0.2) is 18.2 Å². The molecule has 1 aromatic heterocycles. The number of hydrogen-bond donors (Lipinski definition) is 1. The van der Waals surface area contributed by atoms with E-state index in [0.29, 0.717) is 0 Å². The Kier molecular flexibility index (Phi) is 4.65. The first-order valence-electron chi connectivity index (χ1n) is 5.54. The first kappa shape index (κ1) is 12.7. The van der Waals surface area contributed by atoms with E-state index in [0.717, 1.165) is 24.5 Å². The van der Waals surface area contributed by atoms with Gasteiger partial charge in [0.2, 0.25) is 0 Å². The molecule has 2 heterocycles. The molecule has 1 N–H and O–H groups in total. The smallest absolute Gasteiger partial charge is 0.328 e. The largest absolute Gasteiger partial charge is 0.478 e. The molecule has 1 fully saturated rings.